The molecule has 1 atom stereocenters. The molecule has 0 bridgehead atoms. The molecule has 6 nitrogen and oxygen atoms in total. The Morgan fingerprint density at radius 1 is 1.53 bits per heavy atom. The van der Waals surface area contributed by atoms with Crippen LogP contribution in [0.1, 0.15) is 12.5 Å². The molecule has 2 rings (SSSR count). The minimum Gasteiger partial charge on any atom is -0.479 e. The Balaban J connectivity index is 2.29. The summed E-state index contributed by atoms with van der Waals surface area (Å²) >= 11 is 0. The number of rotatable bonds is 4. The molecule has 0 radical (unpaired) electrons. The van der Waals surface area contributed by atoms with Crippen molar-refractivity contribution in [2.45, 2.75) is 19.6 Å². The Kier molecular flexibility index (Phi) is 3.06. The Morgan fingerprint density at radius 2 is 2.18 bits per heavy atom. The van der Waals surface area contributed by atoms with Crippen LogP contribution in [-0.4, -0.2) is 24.0 Å². The summed E-state index contributed by atoms with van der Waals surface area (Å²) < 4.78 is 15.7. The lowest BCUT2D eigenvalue weighted by atomic mass is 10.1. The van der Waals surface area contributed by atoms with E-state index in [2.05, 4.69) is 0 Å². The Morgan fingerprint density at radius 3 is 2.76 bits per heavy atom. The highest BCUT2D eigenvalue weighted by Crippen LogP contribution is 2.38. The van der Waals surface area contributed by atoms with E-state index in [1.165, 1.54) is 6.92 Å². The number of carboxylic acid groups (broad SMARTS) is 1. The Bertz CT molecular complexity index is 446. The molecule has 1 aromatic rings. The van der Waals surface area contributed by atoms with Crippen LogP contribution in [-0.2, 0) is 11.3 Å². The zero-order valence-corrected chi connectivity index (χ0v) is 9.30. The predicted molar refractivity (Wildman–Crippen MR) is 58.2 cm³/mol. The summed E-state index contributed by atoms with van der Waals surface area (Å²) in [6.45, 7) is 1.84. The number of ether oxygens (including phenoxy) is 3. The third kappa shape index (κ3) is 2.26. The number of benzene rings is 1. The minimum absolute atomic E-state index is 0.150. The summed E-state index contributed by atoms with van der Waals surface area (Å²) in [4.78, 5) is 10.7. The second kappa shape index (κ2) is 4.50. The van der Waals surface area contributed by atoms with Crippen molar-refractivity contribution in [2.24, 2.45) is 5.73 Å². The van der Waals surface area contributed by atoms with Gasteiger partial charge < -0.3 is 25.1 Å². The molecular formula is C11H13NO5. The number of aliphatic carboxylic acids is 1. The van der Waals surface area contributed by atoms with Gasteiger partial charge >= 0.3 is 5.97 Å². The first-order valence-corrected chi connectivity index (χ1v) is 5.14. The Labute approximate surface area is 97.9 Å². The van der Waals surface area contributed by atoms with Crippen molar-refractivity contribution >= 4 is 5.97 Å². The van der Waals surface area contributed by atoms with Crippen LogP contribution in [0.4, 0.5) is 0 Å². The average molecular weight is 239 g/mol. The number of hydrogen-bond donors (Lipinski definition) is 2. The summed E-state index contributed by atoms with van der Waals surface area (Å²) in [7, 11) is 0. The molecule has 1 heterocycles. The topological polar surface area (TPSA) is 91.0 Å². The van der Waals surface area contributed by atoms with E-state index in [1.54, 1.807) is 12.1 Å². The van der Waals surface area contributed by atoms with Gasteiger partial charge in [-0.05, 0) is 13.0 Å². The summed E-state index contributed by atoms with van der Waals surface area (Å²) in [5.41, 5.74) is 6.26. The average Bonchev–Trinajstić information content (AvgIpc) is 2.74. The van der Waals surface area contributed by atoms with Gasteiger partial charge in [-0.25, -0.2) is 4.79 Å². The first kappa shape index (κ1) is 11.5. The number of hydrogen-bond acceptors (Lipinski definition) is 5. The molecule has 3 N–H and O–H groups in total. The van der Waals surface area contributed by atoms with Crippen molar-refractivity contribution in [3.05, 3.63) is 17.7 Å². The van der Waals surface area contributed by atoms with Gasteiger partial charge in [0.05, 0.1) is 0 Å². The molecule has 1 aliphatic heterocycles. The van der Waals surface area contributed by atoms with Crippen molar-refractivity contribution in [3.63, 3.8) is 0 Å². The number of carboxylic acids is 1. The standard InChI is InChI=1S/C11H13NO5/c1-6(11(13)14)17-8-3-10-9(15-5-16-10)2-7(8)4-12/h2-3,6H,4-5,12H2,1H3,(H,13,14). The van der Waals surface area contributed by atoms with Crippen molar-refractivity contribution in [1.82, 2.24) is 0 Å². The van der Waals surface area contributed by atoms with Gasteiger partial charge in [-0.2, -0.15) is 0 Å². The Hall–Kier alpha value is -1.95. The number of carbonyl (C=O) groups is 1. The van der Waals surface area contributed by atoms with Gasteiger partial charge in [-0.3, -0.25) is 0 Å². The molecule has 1 aliphatic rings. The van der Waals surface area contributed by atoms with E-state index in [-0.39, 0.29) is 13.3 Å². The first-order valence-electron chi connectivity index (χ1n) is 5.14. The smallest absolute Gasteiger partial charge is 0.344 e. The van der Waals surface area contributed by atoms with E-state index in [0.717, 1.165) is 0 Å². The quantitative estimate of drug-likeness (QED) is 0.804. The highest BCUT2D eigenvalue weighted by molar-refractivity contribution is 5.72. The molecule has 0 spiro atoms. The monoisotopic (exact) mass is 239 g/mol. The molecule has 6 heteroatoms. The maximum Gasteiger partial charge on any atom is 0.344 e. The molecule has 0 amide bonds. The van der Waals surface area contributed by atoms with Crippen LogP contribution < -0.4 is 19.9 Å². The van der Waals surface area contributed by atoms with Gasteiger partial charge in [-0.1, -0.05) is 0 Å². The van der Waals surface area contributed by atoms with Crippen LogP contribution in [0.2, 0.25) is 0 Å². The summed E-state index contributed by atoms with van der Waals surface area (Å²) in [5.74, 6) is 0.507. The second-order valence-corrected chi connectivity index (χ2v) is 3.62. The van der Waals surface area contributed by atoms with Crippen molar-refractivity contribution in [1.29, 1.82) is 0 Å². The number of fused-ring (bicyclic) bond motifs is 1. The van der Waals surface area contributed by atoms with Crippen LogP contribution in [0.15, 0.2) is 12.1 Å². The zero-order chi connectivity index (χ0) is 12.4. The highest BCUT2D eigenvalue weighted by Gasteiger charge is 2.20. The van der Waals surface area contributed by atoms with Gasteiger partial charge in [0.1, 0.15) is 5.75 Å². The molecule has 1 aromatic carbocycles. The maximum atomic E-state index is 10.7. The first-order chi connectivity index (χ1) is 8.11. The van der Waals surface area contributed by atoms with E-state index in [1.807, 2.05) is 0 Å². The molecule has 0 saturated heterocycles. The predicted octanol–water partition coefficient (Wildman–Crippen LogP) is 0.726. The summed E-state index contributed by atoms with van der Waals surface area (Å²) in [6, 6.07) is 3.30. The van der Waals surface area contributed by atoms with Crippen LogP contribution in [0.5, 0.6) is 17.2 Å². The van der Waals surface area contributed by atoms with Crippen LogP contribution >= 0.6 is 0 Å². The largest absolute Gasteiger partial charge is 0.479 e. The fourth-order valence-corrected chi connectivity index (χ4v) is 1.48. The van der Waals surface area contributed by atoms with E-state index >= 15 is 0 Å². The lowest BCUT2D eigenvalue weighted by Gasteiger charge is -2.14. The summed E-state index contributed by atoms with van der Waals surface area (Å²) in [5, 5.41) is 8.79. The SMILES string of the molecule is CC(Oc1cc2c(cc1CN)OCO2)C(=O)O. The zero-order valence-electron chi connectivity index (χ0n) is 9.30. The normalized spacial score (nSPS) is 14.5. The lowest BCUT2D eigenvalue weighted by molar-refractivity contribution is -0.144. The van der Waals surface area contributed by atoms with Crippen LogP contribution in [0.3, 0.4) is 0 Å². The van der Waals surface area contributed by atoms with Gasteiger partial charge in [-0.15, -0.1) is 0 Å². The second-order valence-electron chi connectivity index (χ2n) is 3.62. The number of nitrogens with two attached hydrogens (primary N) is 1. The fourth-order valence-electron chi connectivity index (χ4n) is 1.48. The van der Waals surface area contributed by atoms with Crippen molar-refractivity contribution in [2.75, 3.05) is 6.79 Å². The van der Waals surface area contributed by atoms with E-state index in [4.69, 9.17) is 25.1 Å². The molecule has 0 saturated carbocycles. The van der Waals surface area contributed by atoms with E-state index in [0.29, 0.717) is 22.8 Å². The van der Waals surface area contributed by atoms with Crippen molar-refractivity contribution < 1.29 is 24.1 Å². The van der Waals surface area contributed by atoms with Gasteiger partial charge in [0, 0.05) is 18.2 Å². The van der Waals surface area contributed by atoms with Crippen LogP contribution in [0.25, 0.3) is 0 Å². The van der Waals surface area contributed by atoms with Crippen LogP contribution in [0, 0.1) is 0 Å². The maximum absolute atomic E-state index is 10.7. The molecule has 17 heavy (non-hydrogen) atoms. The minimum atomic E-state index is -1.04. The molecular weight excluding hydrogens is 226 g/mol. The molecule has 1 unspecified atom stereocenters. The molecule has 0 aliphatic carbocycles. The summed E-state index contributed by atoms with van der Waals surface area (Å²) in [6.07, 6.45) is -0.944. The van der Waals surface area contributed by atoms with E-state index < -0.39 is 12.1 Å². The third-order valence-corrected chi connectivity index (χ3v) is 2.43. The lowest BCUT2D eigenvalue weighted by Crippen LogP contribution is -2.23. The van der Waals surface area contributed by atoms with Gasteiger partial charge in [0.25, 0.3) is 0 Å². The third-order valence-electron chi connectivity index (χ3n) is 2.43. The van der Waals surface area contributed by atoms with Crippen molar-refractivity contribution in [3.8, 4) is 17.2 Å². The van der Waals surface area contributed by atoms with Gasteiger partial charge in [0.2, 0.25) is 6.79 Å². The molecule has 92 valence electrons. The van der Waals surface area contributed by atoms with Gasteiger partial charge in [0.15, 0.2) is 17.6 Å². The van der Waals surface area contributed by atoms with E-state index in [9.17, 15) is 4.79 Å². The molecule has 0 aromatic heterocycles. The fraction of sp³-hybridized carbons (Fsp3) is 0.364. The molecule has 0 fully saturated rings. The highest BCUT2D eigenvalue weighted by atomic mass is 16.7.